The first kappa shape index (κ1) is 12.3. The van der Waals surface area contributed by atoms with E-state index in [-0.39, 0.29) is 22.8 Å². The van der Waals surface area contributed by atoms with Gasteiger partial charge in [-0.2, -0.15) is 18.3 Å². The monoisotopic (exact) mass is 257 g/mol. The van der Waals surface area contributed by atoms with Gasteiger partial charge >= 0.3 is 6.18 Å². The van der Waals surface area contributed by atoms with Gasteiger partial charge in [0.1, 0.15) is 11.6 Å². The maximum atomic E-state index is 12.9. The molecule has 0 aliphatic rings. The van der Waals surface area contributed by atoms with Gasteiger partial charge < -0.3 is 10.5 Å². The minimum atomic E-state index is -4.48. The third-order valence-corrected chi connectivity index (χ3v) is 2.42. The Labute approximate surface area is 101 Å². The number of rotatable bonds is 2. The molecule has 0 saturated heterocycles. The van der Waals surface area contributed by atoms with Gasteiger partial charge in [0.2, 0.25) is 0 Å². The Kier molecular flexibility index (Phi) is 2.90. The summed E-state index contributed by atoms with van der Waals surface area (Å²) in [6.45, 7) is 0. The SMILES string of the molecule is COc1ccc(-c2cc(N)n[nH]2)c(C(F)(F)F)c1. The van der Waals surface area contributed by atoms with Crippen LogP contribution in [-0.4, -0.2) is 17.3 Å². The van der Waals surface area contributed by atoms with Gasteiger partial charge in [0.05, 0.1) is 18.4 Å². The van der Waals surface area contributed by atoms with Crippen LogP contribution in [0.5, 0.6) is 5.75 Å². The van der Waals surface area contributed by atoms with Crippen molar-refractivity contribution in [3.05, 3.63) is 29.8 Å². The maximum Gasteiger partial charge on any atom is 0.417 e. The number of benzene rings is 1. The van der Waals surface area contributed by atoms with Crippen LogP contribution >= 0.6 is 0 Å². The molecule has 2 aromatic rings. The average molecular weight is 257 g/mol. The molecule has 0 bridgehead atoms. The first-order valence-electron chi connectivity index (χ1n) is 4.98. The number of nitrogens with two attached hydrogens (primary N) is 1. The molecule has 18 heavy (non-hydrogen) atoms. The molecule has 0 aliphatic heterocycles. The summed E-state index contributed by atoms with van der Waals surface area (Å²) in [5.41, 5.74) is 4.77. The van der Waals surface area contributed by atoms with Crippen LogP contribution in [0.4, 0.5) is 19.0 Å². The Balaban J connectivity index is 2.60. The highest BCUT2D eigenvalue weighted by atomic mass is 19.4. The highest BCUT2D eigenvalue weighted by molar-refractivity contribution is 5.67. The fraction of sp³-hybridized carbons (Fsp3) is 0.182. The van der Waals surface area contributed by atoms with Crippen molar-refractivity contribution in [1.29, 1.82) is 0 Å². The maximum absolute atomic E-state index is 12.9. The number of aromatic nitrogens is 2. The zero-order chi connectivity index (χ0) is 13.3. The molecule has 0 aliphatic carbocycles. The number of alkyl halides is 3. The van der Waals surface area contributed by atoms with Crippen LogP contribution in [-0.2, 0) is 6.18 Å². The minimum Gasteiger partial charge on any atom is -0.497 e. The van der Waals surface area contributed by atoms with Crippen molar-refractivity contribution in [2.75, 3.05) is 12.8 Å². The topological polar surface area (TPSA) is 63.9 Å². The van der Waals surface area contributed by atoms with Crippen LogP contribution in [0.1, 0.15) is 5.56 Å². The van der Waals surface area contributed by atoms with Gasteiger partial charge in [0.15, 0.2) is 0 Å². The normalized spacial score (nSPS) is 11.6. The van der Waals surface area contributed by atoms with Gasteiger partial charge in [-0.25, -0.2) is 0 Å². The number of H-pyrrole nitrogens is 1. The summed E-state index contributed by atoms with van der Waals surface area (Å²) in [6.07, 6.45) is -4.48. The molecule has 0 amide bonds. The molecule has 7 heteroatoms. The molecule has 1 aromatic heterocycles. The number of ether oxygens (including phenoxy) is 1. The van der Waals surface area contributed by atoms with Crippen LogP contribution in [0.25, 0.3) is 11.3 Å². The zero-order valence-corrected chi connectivity index (χ0v) is 9.38. The third-order valence-electron chi connectivity index (χ3n) is 2.42. The number of halogens is 3. The predicted octanol–water partition coefficient (Wildman–Crippen LogP) is 2.69. The number of hydrogen-bond acceptors (Lipinski definition) is 3. The van der Waals surface area contributed by atoms with Crippen LogP contribution < -0.4 is 10.5 Å². The number of nitrogen functional groups attached to an aromatic ring is 1. The van der Waals surface area contributed by atoms with Gasteiger partial charge in [-0.3, -0.25) is 5.10 Å². The van der Waals surface area contributed by atoms with Crippen molar-refractivity contribution in [3.63, 3.8) is 0 Å². The fourth-order valence-corrected chi connectivity index (χ4v) is 1.59. The lowest BCUT2D eigenvalue weighted by molar-refractivity contribution is -0.137. The summed E-state index contributed by atoms with van der Waals surface area (Å²) in [5.74, 6) is 0.271. The summed E-state index contributed by atoms with van der Waals surface area (Å²) in [4.78, 5) is 0. The fourth-order valence-electron chi connectivity index (χ4n) is 1.59. The molecule has 0 spiro atoms. The molecule has 1 heterocycles. The predicted molar refractivity (Wildman–Crippen MR) is 60.0 cm³/mol. The van der Waals surface area contributed by atoms with Crippen molar-refractivity contribution < 1.29 is 17.9 Å². The molecule has 3 N–H and O–H groups in total. The van der Waals surface area contributed by atoms with Crippen molar-refractivity contribution in [2.24, 2.45) is 0 Å². The van der Waals surface area contributed by atoms with Crippen molar-refractivity contribution in [3.8, 4) is 17.0 Å². The molecule has 1 aromatic carbocycles. The van der Waals surface area contributed by atoms with E-state index in [1.165, 1.54) is 25.3 Å². The Morgan fingerprint density at radius 1 is 1.28 bits per heavy atom. The standard InChI is InChI=1S/C11H10F3N3O/c1-18-6-2-3-7(8(4-6)11(12,13)14)9-5-10(15)17-16-9/h2-5H,1H3,(H3,15,16,17). The molecule has 0 radical (unpaired) electrons. The number of nitrogens with zero attached hydrogens (tertiary/aromatic N) is 1. The number of anilines is 1. The second-order valence-electron chi connectivity index (χ2n) is 3.62. The minimum absolute atomic E-state index is 0.0208. The van der Waals surface area contributed by atoms with E-state index in [1.54, 1.807) is 0 Å². The lowest BCUT2D eigenvalue weighted by atomic mass is 10.0. The second kappa shape index (κ2) is 4.25. The molecule has 0 atom stereocenters. The van der Waals surface area contributed by atoms with Crippen molar-refractivity contribution >= 4 is 5.82 Å². The largest absolute Gasteiger partial charge is 0.497 e. The first-order valence-corrected chi connectivity index (χ1v) is 4.98. The lowest BCUT2D eigenvalue weighted by Crippen LogP contribution is -2.07. The summed E-state index contributed by atoms with van der Waals surface area (Å²) in [6, 6.07) is 5.04. The van der Waals surface area contributed by atoms with Crippen molar-refractivity contribution in [1.82, 2.24) is 10.2 Å². The van der Waals surface area contributed by atoms with Crippen LogP contribution in [0.2, 0.25) is 0 Å². The zero-order valence-electron chi connectivity index (χ0n) is 9.38. The summed E-state index contributed by atoms with van der Waals surface area (Å²) in [7, 11) is 1.31. The number of methoxy groups -OCH3 is 1. The summed E-state index contributed by atoms with van der Waals surface area (Å²) < 4.78 is 43.6. The highest BCUT2D eigenvalue weighted by Gasteiger charge is 2.34. The number of aromatic amines is 1. The second-order valence-corrected chi connectivity index (χ2v) is 3.62. The van der Waals surface area contributed by atoms with Crippen LogP contribution in [0, 0.1) is 0 Å². The summed E-state index contributed by atoms with van der Waals surface area (Å²) in [5, 5.41) is 6.07. The van der Waals surface area contributed by atoms with Gasteiger partial charge in [-0.05, 0) is 18.2 Å². The van der Waals surface area contributed by atoms with E-state index in [1.807, 2.05) is 0 Å². The van der Waals surface area contributed by atoms with E-state index in [2.05, 4.69) is 10.2 Å². The van der Waals surface area contributed by atoms with Gasteiger partial charge in [-0.1, -0.05) is 0 Å². The van der Waals surface area contributed by atoms with E-state index in [0.717, 1.165) is 6.07 Å². The Bertz CT molecular complexity index is 563. The van der Waals surface area contributed by atoms with Gasteiger partial charge in [0.25, 0.3) is 0 Å². The van der Waals surface area contributed by atoms with E-state index in [4.69, 9.17) is 10.5 Å². The molecule has 4 nitrogen and oxygen atoms in total. The number of hydrogen-bond donors (Lipinski definition) is 2. The average Bonchev–Trinajstić information content (AvgIpc) is 2.74. The first-order chi connectivity index (χ1) is 8.41. The molecule has 2 rings (SSSR count). The molecular weight excluding hydrogens is 247 g/mol. The Hall–Kier alpha value is -2.18. The van der Waals surface area contributed by atoms with E-state index < -0.39 is 11.7 Å². The lowest BCUT2D eigenvalue weighted by Gasteiger charge is -2.13. The van der Waals surface area contributed by atoms with Gasteiger partial charge in [-0.15, -0.1) is 0 Å². The smallest absolute Gasteiger partial charge is 0.417 e. The van der Waals surface area contributed by atoms with Crippen LogP contribution in [0.3, 0.4) is 0 Å². The third kappa shape index (κ3) is 2.24. The van der Waals surface area contributed by atoms with E-state index in [0.29, 0.717) is 0 Å². The molecule has 0 saturated carbocycles. The van der Waals surface area contributed by atoms with Gasteiger partial charge in [0, 0.05) is 11.6 Å². The quantitative estimate of drug-likeness (QED) is 0.869. The van der Waals surface area contributed by atoms with Crippen molar-refractivity contribution in [2.45, 2.75) is 6.18 Å². The van der Waals surface area contributed by atoms with E-state index >= 15 is 0 Å². The highest BCUT2D eigenvalue weighted by Crippen LogP contribution is 2.38. The Morgan fingerprint density at radius 2 is 2.00 bits per heavy atom. The van der Waals surface area contributed by atoms with Crippen LogP contribution in [0.15, 0.2) is 24.3 Å². The Morgan fingerprint density at radius 3 is 2.50 bits per heavy atom. The molecule has 0 fully saturated rings. The summed E-state index contributed by atoms with van der Waals surface area (Å²) >= 11 is 0. The number of nitrogens with one attached hydrogen (secondary N) is 1. The molecule has 0 unspecified atom stereocenters. The van der Waals surface area contributed by atoms with E-state index in [9.17, 15) is 13.2 Å². The molecule has 96 valence electrons. The molecular formula is C11H10F3N3O.